The highest BCUT2D eigenvalue weighted by Gasteiger charge is 2.32. The normalized spacial score (nSPS) is 24.9. The second-order valence-corrected chi connectivity index (χ2v) is 5.99. The predicted molar refractivity (Wildman–Crippen MR) is 62.3 cm³/mol. The first-order valence-corrected chi connectivity index (χ1v) is 5.80. The van der Waals surface area contributed by atoms with E-state index in [1.54, 1.807) is 0 Å². The van der Waals surface area contributed by atoms with Crippen LogP contribution in [0.1, 0.15) is 41.5 Å². The molecule has 0 aromatic heterocycles. The summed E-state index contributed by atoms with van der Waals surface area (Å²) in [7, 11) is 0. The molecule has 1 heterocycles. The van der Waals surface area contributed by atoms with Crippen LogP contribution in [0.5, 0.6) is 0 Å². The quantitative estimate of drug-likeness (QED) is 0.672. The molecule has 0 radical (unpaired) electrons. The number of hydrogen-bond donors (Lipinski definition) is 0. The Balaban J connectivity index is 2.67. The molecular weight excluding hydrogens is 172 g/mol. The molecule has 1 rings (SSSR count). The van der Waals surface area contributed by atoms with E-state index in [1.807, 2.05) is 0 Å². The summed E-state index contributed by atoms with van der Waals surface area (Å²) in [4.78, 5) is 5.15. The van der Waals surface area contributed by atoms with Gasteiger partial charge < -0.3 is 0 Å². The molecule has 0 atom stereocenters. The topological polar surface area (TPSA) is 6.48 Å². The molecule has 0 aromatic carbocycles. The Kier molecular flexibility index (Phi) is 3.59. The molecular formula is C12H26N2. The molecule has 1 aliphatic heterocycles. The van der Waals surface area contributed by atoms with Gasteiger partial charge in [0.05, 0.1) is 6.67 Å². The van der Waals surface area contributed by atoms with E-state index in [2.05, 4.69) is 51.3 Å². The molecule has 0 saturated carbocycles. The Hall–Kier alpha value is -0.0800. The summed E-state index contributed by atoms with van der Waals surface area (Å²) in [6.45, 7) is 17.5. The van der Waals surface area contributed by atoms with E-state index < -0.39 is 0 Å². The van der Waals surface area contributed by atoms with Crippen molar-refractivity contribution in [1.29, 1.82) is 0 Å². The van der Waals surface area contributed by atoms with Crippen LogP contribution in [-0.2, 0) is 0 Å². The van der Waals surface area contributed by atoms with Gasteiger partial charge in [0, 0.05) is 25.2 Å². The largest absolute Gasteiger partial charge is 0.287 e. The van der Waals surface area contributed by atoms with E-state index in [-0.39, 0.29) is 0 Å². The summed E-state index contributed by atoms with van der Waals surface area (Å²) in [5, 5.41) is 0. The average Bonchev–Trinajstić information content (AvgIpc) is 2.01. The second kappa shape index (κ2) is 4.19. The van der Waals surface area contributed by atoms with Crippen LogP contribution in [-0.4, -0.2) is 41.6 Å². The first-order chi connectivity index (χ1) is 6.32. The van der Waals surface area contributed by atoms with E-state index in [1.165, 1.54) is 13.1 Å². The second-order valence-electron chi connectivity index (χ2n) is 5.99. The summed E-state index contributed by atoms with van der Waals surface area (Å²) < 4.78 is 0. The third kappa shape index (κ3) is 2.96. The van der Waals surface area contributed by atoms with Crippen LogP contribution < -0.4 is 0 Å². The first kappa shape index (κ1) is 12.0. The van der Waals surface area contributed by atoms with Gasteiger partial charge in [-0.05, 0) is 33.1 Å². The first-order valence-electron chi connectivity index (χ1n) is 5.80. The van der Waals surface area contributed by atoms with Crippen molar-refractivity contribution in [2.45, 2.75) is 53.6 Å². The predicted octanol–water partition coefficient (Wildman–Crippen LogP) is 2.40. The van der Waals surface area contributed by atoms with Crippen LogP contribution >= 0.6 is 0 Å². The van der Waals surface area contributed by atoms with Gasteiger partial charge in [-0.2, -0.15) is 0 Å². The maximum atomic E-state index is 2.57. The monoisotopic (exact) mass is 198 g/mol. The van der Waals surface area contributed by atoms with Crippen molar-refractivity contribution in [2.24, 2.45) is 5.41 Å². The molecule has 1 saturated heterocycles. The zero-order valence-electron chi connectivity index (χ0n) is 10.7. The number of hydrogen-bond acceptors (Lipinski definition) is 2. The van der Waals surface area contributed by atoms with E-state index in [0.717, 1.165) is 6.67 Å². The van der Waals surface area contributed by atoms with E-state index >= 15 is 0 Å². The van der Waals surface area contributed by atoms with Gasteiger partial charge in [0.15, 0.2) is 0 Å². The van der Waals surface area contributed by atoms with Crippen LogP contribution in [0.4, 0.5) is 0 Å². The summed E-state index contributed by atoms with van der Waals surface area (Å²) in [5.41, 5.74) is 0.437. The van der Waals surface area contributed by atoms with Crippen LogP contribution in [0.15, 0.2) is 0 Å². The zero-order valence-corrected chi connectivity index (χ0v) is 10.7. The van der Waals surface area contributed by atoms with Crippen LogP contribution in [0.2, 0.25) is 0 Å². The minimum Gasteiger partial charge on any atom is -0.287 e. The molecule has 0 unspecified atom stereocenters. The van der Waals surface area contributed by atoms with Crippen LogP contribution in [0, 0.1) is 5.41 Å². The number of nitrogens with zero attached hydrogens (tertiary/aromatic N) is 2. The molecule has 2 nitrogen and oxygen atoms in total. The molecule has 0 amide bonds. The fourth-order valence-electron chi connectivity index (χ4n) is 2.17. The molecule has 1 fully saturated rings. The lowest BCUT2D eigenvalue weighted by molar-refractivity contribution is -0.0231. The lowest BCUT2D eigenvalue weighted by Crippen LogP contribution is -2.57. The third-order valence-corrected chi connectivity index (χ3v) is 3.09. The van der Waals surface area contributed by atoms with Gasteiger partial charge in [-0.3, -0.25) is 9.80 Å². The van der Waals surface area contributed by atoms with Crippen molar-refractivity contribution in [3.63, 3.8) is 0 Å². The van der Waals surface area contributed by atoms with Gasteiger partial charge in [0.1, 0.15) is 0 Å². The maximum absolute atomic E-state index is 2.57. The van der Waals surface area contributed by atoms with Crippen LogP contribution in [0.25, 0.3) is 0 Å². The SMILES string of the molecule is CC(C)N1CN(C(C)C)CC(C)(C)C1. The highest BCUT2D eigenvalue weighted by molar-refractivity contribution is 4.85. The van der Waals surface area contributed by atoms with Crippen molar-refractivity contribution < 1.29 is 0 Å². The molecule has 0 aliphatic carbocycles. The molecule has 1 aliphatic rings. The highest BCUT2D eigenvalue weighted by Crippen LogP contribution is 2.26. The fraction of sp³-hybridized carbons (Fsp3) is 1.00. The van der Waals surface area contributed by atoms with Gasteiger partial charge >= 0.3 is 0 Å². The standard InChI is InChI=1S/C12H26N2/c1-10(2)13-7-12(5,6)8-14(9-13)11(3)4/h10-11H,7-9H2,1-6H3. The molecule has 84 valence electrons. The Morgan fingerprint density at radius 1 is 0.857 bits per heavy atom. The van der Waals surface area contributed by atoms with Gasteiger partial charge in [-0.15, -0.1) is 0 Å². The summed E-state index contributed by atoms with van der Waals surface area (Å²) in [6.07, 6.45) is 0. The summed E-state index contributed by atoms with van der Waals surface area (Å²) in [6, 6.07) is 1.33. The van der Waals surface area contributed by atoms with E-state index in [9.17, 15) is 0 Å². The molecule has 2 heteroatoms. The van der Waals surface area contributed by atoms with Crippen molar-refractivity contribution in [3.8, 4) is 0 Å². The lowest BCUT2D eigenvalue weighted by Gasteiger charge is -2.47. The van der Waals surface area contributed by atoms with Gasteiger partial charge in [-0.25, -0.2) is 0 Å². The van der Waals surface area contributed by atoms with Gasteiger partial charge in [0.2, 0.25) is 0 Å². The van der Waals surface area contributed by atoms with Gasteiger partial charge in [0.25, 0.3) is 0 Å². The molecule has 0 spiro atoms. The molecule has 14 heavy (non-hydrogen) atoms. The van der Waals surface area contributed by atoms with Crippen molar-refractivity contribution >= 4 is 0 Å². The summed E-state index contributed by atoms with van der Waals surface area (Å²) >= 11 is 0. The Morgan fingerprint density at radius 2 is 1.21 bits per heavy atom. The highest BCUT2D eigenvalue weighted by atomic mass is 15.4. The third-order valence-electron chi connectivity index (χ3n) is 3.09. The van der Waals surface area contributed by atoms with E-state index in [0.29, 0.717) is 17.5 Å². The Bertz CT molecular complexity index is 167. The minimum atomic E-state index is 0.437. The van der Waals surface area contributed by atoms with Gasteiger partial charge in [-0.1, -0.05) is 13.8 Å². The fourth-order valence-corrected chi connectivity index (χ4v) is 2.17. The number of rotatable bonds is 2. The van der Waals surface area contributed by atoms with E-state index in [4.69, 9.17) is 0 Å². The molecule has 0 N–H and O–H groups in total. The van der Waals surface area contributed by atoms with Crippen molar-refractivity contribution in [1.82, 2.24) is 9.80 Å². The van der Waals surface area contributed by atoms with Crippen molar-refractivity contribution in [3.05, 3.63) is 0 Å². The Morgan fingerprint density at radius 3 is 1.50 bits per heavy atom. The smallest absolute Gasteiger partial charge is 0.0511 e. The Labute approximate surface area is 89.3 Å². The maximum Gasteiger partial charge on any atom is 0.0511 e. The van der Waals surface area contributed by atoms with Crippen LogP contribution in [0.3, 0.4) is 0 Å². The summed E-state index contributed by atoms with van der Waals surface area (Å²) in [5.74, 6) is 0. The zero-order chi connectivity index (χ0) is 10.9. The molecule has 0 bridgehead atoms. The lowest BCUT2D eigenvalue weighted by atomic mass is 9.89. The molecule has 0 aromatic rings. The minimum absolute atomic E-state index is 0.437. The average molecular weight is 198 g/mol. The van der Waals surface area contributed by atoms with Crippen molar-refractivity contribution in [2.75, 3.05) is 19.8 Å².